The summed E-state index contributed by atoms with van der Waals surface area (Å²) in [5.74, 6) is -4.70. The highest BCUT2D eigenvalue weighted by molar-refractivity contribution is 7.14. The second-order valence-electron chi connectivity index (χ2n) is 9.03. The molecule has 0 spiro atoms. The summed E-state index contributed by atoms with van der Waals surface area (Å²) in [6, 6.07) is 6.68. The number of unbranched alkanes of at least 4 members (excludes halogenated alkanes) is 3. The molecule has 0 saturated heterocycles. The number of carbonyl (C=O) groups is 2. The predicted molar refractivity (Wildman–Crippen MR) is 146 cm³/mol. The summed E-state index contributed by atoms with van der Waals surface area (Å²) in [4.78, 5) is 27.8. The molecule has 0 aliphatic rings. The number of amides is 1. The van der Waals surface area contributed by atoms with E-state index < -0.39 is 34.9 Å². The molecule has 208 valence electrons. The predicted octanol–water partition coefficient (Wildman–Crippen LogP) is 7.50. The van der Waals surface area contributed by atoms with Crippen molar-refractivity contribution in [2.75, 3.05) is 18.5 Å². The van der Waals surface area contributed by atoms with E-state index in [9.17, 15) is 18.4 Å². The molecular formula is C29H31F3N2O4S. The highest BCUT2D eigenvalue weighted by atomic mass is 32.1. The Morgan fingerprint density at radius 3 is 2.49 bits per heavy atom. The van der Waals surface area contributed by atoms with E-state index in [1.165, 1.54) is 19.8 Å². The summed E-state index contributed by atoms with van der Waals surface area (Å²) < 4.78 is 49.7. The molecule has 1 heterocycles. The van der Waals surface area contributed by atoms with E-state index in [0.29, 0.717) is 37.3 Å². The molecular weight excluding hydrogens is 529 g/mol. The Kier molecular flexibility index (Phi) is 11.2. The molecule has 0 saturated carbocycles. The van der Waals surface area contributed by atoms with E-state index in [-0.39, 0.29) is 21.8 Å². The summed E-state index contributed by atoms with van der Waals surface area (Å²) >= 11 is 1.05. The first-order valence-electron chi connectivity index (χ1n) is 12.7. The molecule has 1 amide bonds. The number of halogens is 3. The molecule has 10 heteroatoms. The van der Waals surface area contributed by atoms with Crippen LogP contribution in [0.3, 0.4) is 0 Å². The van der Waals surface area contributed by atoms with Crippen molar-refractivity contribution in [3.8, 4) is 11.3 Å². The zero-order chi connectivity index (χ0) is 28.4. The van der Waals surface area contributed by atoms with Gasteiger partial charge >= 0.3 is 5.97 Å². The third-order valence-electron chi connectivity index (χ3n) is 6.00. The summed E-state index contributed by atoms with van der Waals surface area (Å²) in [5.41, 5.74) is 0.0155. The lowest BCUT2D eigenvalue weighted by Crippen LogP contribution is -2.13. The van der Waals surface area contributed by atoms with Crippen LogP contribution < -0.4 is 5.32 Å². The molecule has 3 rings (SSSR count). The van der Waals surface area contributed by atoms with E-state index in [2.05, 4.69) is 17.2 Å². The average Bonchev–Trinajstić information content (AvgIpc) is 3.36. The quantitative estimate of drug-likeness (QED) is 0.157. The monoisotopic (exact) mass is 560 g/mol. The lowest BCUT2D eigenvalue weighted by Gasteiger charge is -2.08. The van der Waals surface area contributed by atoms with Crippen LogP contribution in [-0.4, -0.2) is 35.2 Å². The molecule has 0 unspecified atom stereocenters. The Hall–Kier alpha value is -3.50. The molecule has 6 nitrogen and oxygen atoms in total. The Morgan fingerprint density at radius 1 is 1.08 bits per heavy atom. The number of nitrogens with one attached hydrogen (secondary N) is 1. The molecule has 3 aromatic rings. The third kappa shape index (κ3) is 8.49. The number of ether oxygens (including phenoxy) is 1. The fraction of sp³-hybridized carbons (Fsp3) is 0.345. The van der Waals surface area contributed by atoms with Gasteiger partial charge in [0.1, 0.15) is 17.5 Å². The normalized spacial score (nSPS) is 11.6. The van der Waals surface area contributed by atoms with Gasteiger partial charge in [-0.1, -0.05) is 38.3 Å². The number of hydrogen-bond donors (Lipinski definition) is 2. The van der Waals surface area contributed by atoms with E-state index in [0.717, 1.165) is 42.4 Å². The van der Waals surface area contributed by atoms with Gasteiger partial charge in [0.25, 0.3) is 5.91 Å². The van der Waals surface area contributed by atoms with Gasteiger partial charge in [0.05, 0.1) is 5.69 Å². The Balaban J connectivity index is 1.63. The fourth-order valence-corrected chi connectivity index (χ4v) is 4.53. The van der Waals surface area contributed by atoms with Gasteiger partial charge in [-0.25, -0.2) is 22.9 Å². The SMILES string of the molecule is CCCCCCOCCCc1cccc(-c2csc(NC(=O)c3cc(F)c(C=C(C)C(=O)O)c(F)c3)n2)c1F. The van der Waals surface area contributed by atoms with E-state index in [1.807, 2.05) is 0 Å². The first kappa shape index (κ1) is 30.0. The van der Waals surface area contributed by atoms with Crippen molar-refractivity contribution >= 4 is 34.4 Å². The van der Waals surface area contributed by atoms with Crippen molar-refractivity contribution in [3.05, 3.63) is 75.4 Å². The van der Waals surface area contributed by atoms with Crippen LogP contribution in [0.1, 0.15) is 67.4 Å². The molecule has 0 radical (unpaired) electrons. The molecule has 1 aromatic heterocycles. The van der Waals surface area contributed by atoms with E-state index in [4.69, 9.17) is 9.84 Å². The topological polar surface area (TPSA) is 88.5 Å². The maximum absolute atomic E-state index is 15.2. The van der Waals surface area contributed by atoms with Gasteiger partial charge < -0.3 is 9.84 Å². The van der Waals surface area contributed by atoms with Crippen LogP contribution in [0.15, 0.2) is 41.3 Å². The van der Waals surface area contributed by atoms with Crippen LogP contribution in [0, 0.1) is 17.5 Å². The Labute approximate surface area is 229 Å². The second-order valence-corrected chi connectivity index (χ2v) is 9.89. The minimum absolute atomic E-state index is 0.128. The molecule has 0 bridgehead atoms. The first-order valence-corrected chi connectivity index (χ1v) is 13.6. The lowest BCUT2D eigenvalue weighted by atomic mass is 10.0. The molecule has 2 N–H and O–H groups in total. The van der Waals surface area contributed by atoms with Crippen LogP contribution >= 0.6 is 11.3 Å². The number of aliphatic carboxylic acids is 1. The highest BCUT2D eigenvalue weighted by Gasteiger charge is 2.18. The number of aryl methyl sites for hydroxylation is 1. The molecule has 2 aromatic carbocycles. The number of rotatable bonds is 14. The number of carbonyl (C=O) groups excluding carboxylic acids is 1. The van der Waals surface area contributed by atoms with Gasteiger partial charge in [-0.2, -0.15) is 0 Å². The van der Waals surface area contributed by atoms with Crippen LogP contribution in [0.4, 0.5) is 18.3 Å². The van der Waals surface area contributed by atoms with Crippen LogP contribution in [0.5, 0.6) is 0 Å². The number of carboxylic acid groups (broad SMARTS) is 1. The fourth-order valence-electron chi connectivity index (χ4n) is 3.82. The van der Waals surface area contributed by atoms with Crippen molar-refractivity contribution in [1.82, 2.24) is 4.98 Å². The minimum atomic E-state index is -1.32. The van der Waals surface area contributed by atoms with Crippen molar-refractivity contribution in [2.24, 2.45) is 0 Å². The number of thiazole rings is 1. The second kappa shape index (κ2) is 14.6. The third-order valence-corrected chi connectivity index (χ3v) is 6.75. The van der Waals surface area contributed by atoms with Gasteiger partial charge in [-0.15, -0.1) is 11.3 Å². The van der Waals surface area contributed by atoms with E-state index in [1.54, 1.807) is 23.6 Å². The Bertz CT molecular complexity index is 1320. The maximum atomic E-state index is 15.2. The van der Waals surface area contributed by atoms with Crippen LogP contribution in [-0.2, 0) is 16.0 Å². The van der Waals surface area contributed by atoms with Crippen molar-refractivity contribution in [2.45, 2.75) is 52.4 Å². The number of benzene rings is 2. The summed E-state index contributed by atoms with van der Waals surface area (Å²) in [7, 11) is 0. The summed E-state index contributed by atoms with van der Waals surface area (Å²) in [6.45, 7) is 4.62. The zero-order valence-electron chi connectivity index (χ0n) is 21.9. The largest absolute Gasteiger partial charge is 0.478 e. The number of hydrogen-bond acceptors (Lipinski definition) is 5. The van der Waals surface area contributed by atoms with Crippen molar-refractivity contribution in [3.63, 3.8) is 0 Å². The number of nitrogens with zero attached hydrogens (tertiary/aromatic N) is 1. The van der Waals surface area contributed by atoms with Crippen LogP contribution in [0.25, 0.3) is 17.3 Å². The van der Waals surface area contributed by atoms with Crippen molar-refractivity contribution in [1.29, 1.82) is 0 Å². The van der Waals surface area contributed by atoms with Gasteiger partial charge in [0.15, 0.2) is 5.13 Å². The molecule has 0 atom stereocenters. The summed E-state index contributed by atoms with van der Waals surface area (Å²) in [5, 5.41) is 13.1. The van der Waals surface area contributed by atoms with Gasteiger partial charge in [-0.3, -0.25) is 10.1 Å². The van der Waals surface area contributed by atoms with Crippen LogP contribution in [0.2, 0.25) is 0 Å². The molecule has 0 fully saturated rings. The van der Waals surface area contributed by atoms with E-state index >= 15 is 4.39 Å². The standard InChI is InChI=1S/C29H31F3N2O4S/c1-3-4-5-6-12-38-13-8-10-19-9-7-11-21(26(19)32)25-17-39-29(33-25)34-27(35)20-15-23(30)22(24(31)16-20)14-18(2)28(36)37/h7,9,11,14-17H,3-6,8,10,12-13H2,1-2H3,(H,36,37)(H,33,34,35). The van der Waals surface area contributed by atoms with Crippen molar-refractivity contribution < 1.29 is 32.6 Å². The lowest BCUT2D eigenvalue weighted by molar-refractivity contribution is -0.132. The number of carboxylic acids is 1. The summed E-state index contributed by atoms with van der Waals surface area (Å²) in [6.07, 6.45) is 6.59. The molecule has 0 aliphatic heterocycles. The van der Waals surface area contributed by atoms with Gasteiger partial charge in [0.2, 0.25) is 0 Å². The molecule has 39 heavy (non-hydrogen) atoms. The maximum Gasteiger partial charge on any atom is 0.331 e. The number of anilines is 1. The first-order chi connectivity index (χ1) is 18.7. The molecule has 0 aliphatic carbocycles. The average molecular weight is 561 g/mol. The number of aromatic nitrogens is 1. The Morgan fingerprint density at radius 2 is 1.79 bits per heavy atom. The zero-order valence-corrected chi connectivity index (χ0v) is 22.7. The highest BCUT2D eigenvalue weighted by Crippen LogP contribution is 2.29. The smallest absolute Gasteiger partial charge is 0.331 e. The van der Waals surface area contributed by atoms with Gasteiger partial charge in [-0.05, 0) is 56.0 Å². The minimum Gasteiger partial charge on any atom is -0.478 e. The van der Waals surface area contributed by atoms with Gasteiger partial charge in [0, 0.05) is 40.9 Å².